The van der Waals surface area contributed by atoms with Gasteiger partial charge in [0.15, 0.2) is 6.04 Å². The predicted molar refractivity (Wildman–Crippen MR) is 102 cm³/mol. The lowest BCUT2D eigenvalue weighted by Gasteiger charge is -2.23. The maximum atomic E-state index is 13.5. The second-order valence-corrected chi connectivity index (χ2v) is 8.73. The van der Waals surface area contributed by atoms with Gasteiger partial charge in [-0.2, -0.15) is 17.9 Å². The number of hydrogen-bond acceptors (Lipinski definition) is 3. The van der Waals surface area contributed by atoms with Crippen molar-refractivity contribution in [3.8, 4) is 5.75 Å². The fraction of sp³-hybridized carbons (Fsp3) is 0.400. The van der Waals surface area contributed by atoms with Crippen LogP contribution in [-0.2, 0) is 10.0 Å². The molecule has 2 rings (SSSR count). The molecule has 1 N–H and O–H groups in total. The Kier molecular flexibility index (Phi) is 6.45. The van der Waals surface area contributed by atoms with Crippen LogP contribution in [0.4, 0.5) is 13.2 Å². The van der Waals surface area contributed by atoms with Gasteiger partial charge in [-0.3, -0.25) is 0 Å². The van der Waals surface area contributed by atoms with Gasteiger partial charge < -0.3 is 4.74 Å². The largest absolute Gasteiger partial charge is 0.492 e. The number of ether oxygens (including phenoxy) is 1. The summed E-state index contributed by atoms with van der Waals surface area (Å²) in [4.78, 5) is -0.140. The topological polar surface area (TPSA) is 55.4 Å². The van der Waals surface area contributed by atoms with E-state index in [9.17, 15) is 21.6 Å². The molecule has 2 aromatic carbocycles. The number of hydrogen-bond donors (Lipinski definition) is 1. The van der Waals surface area contributed by atoms with Gasteiger partial charge in [0.05, 0.1) is 4.90 Å². The maximum absolute atomic E-state index is 13.5. The Bertz CT molecular complexity index is 926. The van der Waals surface area contributed by atoms with Crippen LogP contribution in [0.25, 0.3) is 0 Å². The van der Waals surface area contributed by atoms with Crippen LogP contribution in [0.2, 0.25) is 0 Å². The molecule has 8 heteroatoms. The van der Waals surface area contributed by atoms with Gasteiger partial charge in [-0.25, -0.2) is 8.42 Å². The van der Waals surface area contributed by atoms with Crippen molar-refractivity contribution in [2.75, 3.05) is 6.61 Å². The number of aryl methyl sites for hydroxylation is 5. The summed E-state index contributed by atoms with van der Waals surface area (Å²) in [6.07, 6.45) is -4.81. The fourth-order valence-electron chi connectivity index (χ4n) is 3.23. The first-order valence-corrected chi connectivity index (χ1v) is 10.2. The van der Waals surface area contributed by atoms with Crippen molar-refractivity contribution in [1.82, 2.24) is 4.72 Å². The van der Waals surface area contributed by atoms with Crippen molar-refractivity contribution < 1.29 is 26.3 Å². The lowest BCUT2D eigenvalue weighted by Crippen LogP contribution is -2.49. The highest BCUT2D eigenvalue weighted by molar-refractivity contribution is 7.89. The highest BCUT2D eigenvalue weighted by atomic mass is 32.2. The lowest BCUT2D eigenvalue weighted by atomic mass is 10.1. The summed E-state index contributed by atoms with van der Waals surface area (Å²) in [7, 11) is -4.39. The van der Waals surface area contributed by atoms with E-state index < -0.39 is 28.8 Å². The average molecular weight is 415 g/mol. The van der Waals surface area contributed by atoms with Gasteiger partial charge in [0, 0.05) is 0 Å². The van der Waals surface area contributed by atoms with Crippen LogP contribution in [0.5, 0.6) is 5.75 Å². The van der Waals surface area contributed by atoms with Gasteiger partial charge >= 0.3 is 6.18 Å². The molecule has 0 fully saturated rings. The van der Waals surface area contributed by atoms with Gasteiger partial charge in [-0.05, 0) is 69.0 Å². The predicted octanol–water partition coefficient (Wildman–Crippen LogP) is 4.52. The van der Waals surface area contributed by atoms with E-state index in [0.29, 0.717) is 11.1 Å². The molecule has 0 heterocycles. The minimum absolute atomic E-state index is 0.140. The molecule has 0 saturated carbocycles. The minimum atomic E-state index is -4.81. The lowest BCUT2D eigenvalue weighted by molar-refractivity contribution is -0.157. The number of benzene rings is 2. The maximum Gasteiger partial charge on any atom is 0.408 e. The molecule has 1 unspecified atom stereocenters. The molecule has 28 heavy (non-hydrogen) atoms. The van der Waals surface area contributed by atoms with Crippen LogP contribution in [0, 0.1) is 34.6 Å². The molecule has 0 aromatic heterocycles. The quantitative estimate of drug-likeness (QED) is 0.755. The van der Waals surface area contributed by atoms with Gasteiger partial charge in [0.1, 0.15) is 12.4 Å². The monoisotopic (exact) mass is 415 g/mol. The number of sulfonamides is 1. The summed E-state index contributed by atoms with van der Waals surface area (Å²) in [6, 6.07) is 5.93. The van der Waals surface area contributed by atoms with Gasteiger partial charge in [0.2, 0.25) is 10.0 Å². The molecule has 0 radical (unpaired) electrons. The zero-order valence-electron chi connectivity index (χ0n) is 16.4. The van der Waals surface area contributed by atoms with E-state index in [4.69, 9.17) is 4.74 Å². The van der Waals surface area contributed by atoms with Crippen molar-refractivity contribution in [3.05, 3.63) is 58.1 Å². The number of rotatable bonds is 6. The van der Waals surface area contributed by atoms with Crippen LogP contribution in [0.3, 0.4) is 0 Å². The van der Waals surface area contributed by atoms with Gasteiger partial charge in [-0.15, -0.1) is 0 Å². The Hall–Kier alpha value is -2.06. The van der Waals surface area contributed by atoms with Crippen LogP contribution in [0.15, 0.2) is 35.2 Å². The van der Waals surface area contributed by atoms with Crippen LogP contribution >= 0.6 is 0 Å². The summed E-state index contributed by atoms with van der Waals surface area (Å²) in [6.45, 7) is 7.64. The summed E-state index contributed by atoms with van der Waals surface area (Å²) in [5.41, 5.74) is 3.29. The molecule has 4 nitrogen and oxygen atoms in total. The highest BCUT2D eigenvalue weighted by Gasteiger charge is 2.43. The molecule has 1 atom stereocenters. The third-order valence-corrected chi connectivity index (χ3v) is 5.95. The van der Waals surface area contributed by atoms with E-state index in [1.165, 1.54) is 0 Å². The Balaban J connectivity index is 2.29. The molecule has 0 aliphatic rings. The van der Waals surface area contributed by atoms with Crippen molar-refractivity contribution in [2.24, 2.45) is 0 Å². The molecular formula is C20H24F3NO3S. The van der Waals surface area contributed by atoms with Crippen molar-refractivity contribution in [1.29, 1.82) is 0 Å². The number of halogens is 3. The SMILES string of the molecule is Cc1cc(C)cc(OCC(NS(=O)(=O)c2c(C)cc(C)cc2C)C(F)(F)F)c1. The first kappa shape index (κ1) is 22.2. The van der Waals surface area contributed by atoms with Crippen molar-refractivity contribution in [3.63, 3.8) is 0 Å². The molecular weight excluding hydrogens is 391 g/mol. The minimum Gasteiger partial charge on any atom is -0.492 e. The Morgan fingerprint density at radius 3 is 1.82 bits per heavy atom. The third kappa shape index (κ3) is 5.48. The Labute approximate surface area is 163 Å². The molecule has 0 aliphatic heterocycles. The zero-order valence-corrected chi connectivity index (χ0v) is 17.3. The molecule has 0 saturated heterocycles. The zero-order chi connectivity index (χ0) is 21.3. The van der Waals surface area contributed by atoms with Crippen molar-refractivity contribution in [2.45, 2.75) is 51.7 Å². The van der Waals surface area contributed by atoms with Gasteiger partial charge in [0.25, 0.3) is 0 Å². The number of alkyl halides is 3. The van der Waals surface area contributed by atoms with Crippen LogP contribution < -0.4 is 9.46 Å². The molecule has 0 spiro atoms. The fourth-order valence-corrected chi connectivity index (χ4v) is 4.89. The Morgan fingerprint density at radius 1 is 0.893 bits per heavy atom. The van der Waals surface area contributed by atoms with E-state index in [1.54, 1.807) is 63.6 Å². The normalized spacial score (nSPS) is 13.4. The molecule has 0 amide bonds. The standard InChI is InChI=1S/C20H24F3NO3S/c1-12-6-13(2)10-17(9-12)27-11-18(20(21,22)23)24-28(25,26)19-15(4)7-14(3)8-16(19)5/h6-10,18,24H,11H2,1-5H3. The second-order valence-electron chi connectivity index (χ2n) is 7.08. The molecule has 154 valence electrons. The van der Waals surface area contributed by atoms with E-state index in [2.05, 4.69) is 0 Å². The summed E-state index contributed by atoms with van der Waals surface area (Å²) >= 11 is 0. The summed E-state index contributed by atoms with van der Waals surface area (Å²) in [5.74, 6) is 0.258. The van der Waals surface area contributed by atoms with Crippen LogP contribution in [0.1, 0.15) is 27.8 Å². The first-order valence-electron chi connectivity index (χ1n) is 8.67. The Morgan fingerprint density at radius 2 is 1.36 bits per heavy atom. The van der Waals surface area contributed by atoms with E-state index in [1.807, 2.05) is 6.07 Å². The molecule has 2 aromatic rings. The van der Waals surface area contributed by atoms with Crippen molar-refractivity contribution >= 4 is 10.0 Å². The smallest absolute Gasteiger partial charge is 0.408 e. The molecule has 0 bridgehead atoms. The third-order valence-electron chi connectivity index (χ3n) is 4.18. The van der Waals surface area contributed by atoms with Gasteiger partial charge in [-0.1, -0.05) is 23.8 Å². The van der Waals surface area contributed by atoms with Crippen LogP contribution in [-0.4, -0.2) is 27.2 Å². The highest BCUT2D eigenvalue weighted by Crippen LogP contribution is 2.27. The molecule has 0 aliphatic carbocycles. The van der Waals surface area contributed by atoms with E-state index in [-0.39, 0.29) is 10.6 Å². The van der Waals surface area contributed by atoms with E-state index >= 15 is 0 Å². The second kappa shape index (κ2) is 8.13. The summed E-state index contributed by atoms with van der Waals surface area (Å²) < 4.78 is 72.9. The van der Waals surface area contributed by atoms with E-state index in [0.717, 1.165) is 16.7 Å². The summed E-state index contributed by atoms with van der Waals surface area (Å²) in [5, 5.41) is 0. The average Bonchev–Trinajstić information content (AvgIpc) is 2.47. The number of nitrogens with one attached hydrogen (secondary N) is 1. The first-order chi connectivity index (χ1) is 12.8.